The van der Waals surface area contributed by atoms with Crippen molar-refractivity contribution < 1.29 is 0 Å². The average molecular weight is 209 g/mol. The number of nitrogens with one attached hydrogen (secondary N) is 1. The first-order valence-electron chi connectivity index (χ1n) is 6.62. The minimum atomic E-state index is 0.764. The molecule has 1 heteroatoms. The number of allylic oxidation sites excluding steroid dienone is 1. The fourth-order valence-electron chi connectivity index (χ4n) is 2.87. The first-order chi connectivity index (χ1) is 7.27. The first-order valence-corrected chi connectivity index (χ1v) is 6.62. The molecule has 0 aromatic rings. The van der Waals surface area contributed by atoms with Crippen molar-refractivity contribution in [1.29, 1.82) is 0 Å². The van der Waals surface area contributed by atoms with Crippen molar-refractivity contribution in [2.45, 2.75) is 58.4 Å². The van der Waals surface area contributed by atoms with Gasteiger partial charge in [0.05, 0.1) is 0 Å². The minimum absolute atomic E-state index is 0.764. The summed E-state index contributed by atoms with van der Waals surface area (Å²) in [5.41, 5.74) is 0. The normalized spacial score (nSPS) is 27.9. The van der Waals surface area contributed by atoms with Crippen molar-refractivity contribution >= 4 is 0 Å². The molecule has 0 aromatic heterocycles. The van der Waals surface area contributed by atoms with Crippen molar-refractivity contribution in [3.8, 4) is 0 Å². The van der Waals surface area contributed by atoms with E-state index in [0.717, 1.165) is 24.4 Å². The quantitative estimate of drug-likeness (QED) is 0.497. The molecule has 15 heavy (non-hydrogen) atoms. The smallest absolute Gasteiger partial charge is 0.00954 e. The Morgan fingerprint density at radius 2 is 2.27 bits per heavy atom. The van der Waals surface area contributed by atoms with Crippen LogP contribution in [0.1, 0.15) is 52.4 Å². The molecular weight excluding hydrogens is 182 g/mol. The lowest BCUT2D eigenvalue weighted by Crippen LogP contribution is -2.35. The van der Waals surface area contributed by atoms with Crippen LogP contribution in [0, 0.1) is 11.8 Å². The van der Waals surface area contributed by atoms with Crippen molar-refractivity contribution in [3.05, 3.63) is 12.7 Å². The predicted octanol–water partition coefficient (Wildman–Crippen LogP) is 3.76. The lowest BCUT2D eigenvalue weighted by atomic mass is 9.92. The summed E-state index contributed by atoms with van der Waals surface area (Å²) in [6.07, 6.45) is 10.2. The lowest BCUT2D eigenvalue weighted by Gasteiger charge is -2.24. The molecule has 1 aliphatic rings. The van der Waals surface area contributed by atoms with Gasteiger partial charge in [0, 0.05) is 6.04 Å². The molecule has 1 aliphatic carbocycles. The molecule has 1 fully saturated rings. The van der Waals surface area contributed by atoms with Crippen LogP contribution in [-0.2, 0) is 0 Å². The third kappa shape index (κ3) is 4.38. The maximum absolute atomic E-state index is 3.79. The maximum atomic E-state index is 3.79. The van der Waals surface area contributed by atoms with Gasteiger partial charge >= 0.3 is 0 Å². The van der Waals surface area contributed by atoms with E-state index in [-0.39, 0.29) is 0 Å². The third-order valence-corrected chi connectivity index (χ3v) is 3.69. The molecule has 1 N–H and O–H groups in total. The molecule has 3 atom stereocenters. The van der Waals surface area contributed by atoms with E-state index < -0.39 is 0 Å². The van der Waals surface area contributed by atoms with Crippen molar-refractivity contribution in [2.24, 2.45) is 11.8 Å². The van der Waals surface area contributed by atoms with Crippen LogP contribution in [0.2, 0.25) is 0 Å². The molecule has 0 amide bonds. The summed E-state index contributed by atoms with van der Waals surface area (Å²) in [4.78, 5) is 0. The Kier molecular flexibility index (Phi) is 6.00. The second-order valence-electron chi connectivity index (χ2n) is 5.06. The minimum Gasteiger partial charge on any atom is -0.314 e. The zero-order valence-electron chi connectivity index (χ0n) is 10.5. The van der Waals surface area contributed by atoms with Crippen molar-refractivity contribution in [2.75, 3.05) is 6.54 Å². The zero-order valence-corrected chi connectivity index (χ0v) is 10.5. The van der Waals surface area contributed by atoms with Crippen LogP contribution >= 0.6 is 0 Å². The summed E-state index contributed by atoms with van der Waals surface area (Å²) in [6.45, 7) is 9.52. The van der Waals surface area contributed by atoms with Gasteiger partial charge < -0.3 is 5.32 Å². The van der Waals surface area contributed by atoms with Gasteiger partial charge in [-0.1, -0.05) is 26.3 Å². The molecule has 1 rings (SSSR count). The highest BCUT2D eigenvalue weighted by Gasteiger charge is 2.27. The van der Waals surface area contributed by atoms with Crippen LogP contribution in [0.5, 0.6) is 0 Å². The van der Waals surface area contributed by atoms with Crippen LogP contribution in [0.4, 0.5) is 0 Å². The standard InChI is InChI=1S/C14H27N/c1-4-6-7-8-14(15-5-2)13-10-9-12(3)11-13/h4,12-15H,1,5-11H2,2-3H3. The second kappa shape index (κ2) is 7.05. The Morgan fingerprint density at radius 1 is 1.47 bits per heavy atom. The number of hydrogen-bond donors (Lipinski definition) is 1. The van der Waals surface area contributed by atoms with E-state index in [1.807, 2.05) is 6.08 Å². The highest BCUT2D eigenvalue weighted by atomic mass is 14.9. The molecular formula is C14H27N. The Balaban J connectivity index is 2.31. The van der Waals surface area contributed by atoms with Gasteiger partial charge in [0.25, 0.3) is 0 Å². The monoisotopic (exact) mass is 209 g/mol. The summed E-state index contributed by atoms with van der Waals surface area (Å²) in [7, 11) is 0. The fraction of sp³-hybridized carbons (Fsp3) is 0.857. The van der Waals surface area contributed by atoms with E-state index in [2.05, 4.69) is 25.7 Å². The highest BCUT2D eigenvalue weighted by molar-refractivity contribution is 4.83. The van der Waals surface area contributed by atoms with Crippen LogP contribution in [-0.4, -0.2) is 12.6 Å². The van der Waals surface area contributed by atoms with E-state index >= 15 is 0 Å². The van der Waals surface area contributed by atoms with E-state index in [1.54, 1.807) is 0 Å². The van der Waals surface area contributed by atoms with Gasteiger partial charge in [-0.25, -0.2) is 0 Å². The van der Waals surface area contributed by atoms with Gasteiger partial charge in [-0.2, -0.15) is 0 Å². The van der Waals surface area contributed by atoms with Crippen molar-refractivity contribution in [1.82, 2.24) is 5.32 Å². The molecule has 0 aromatic carbocycles. The predicted molar refractivity (Wildman–Crippen MR) is 68.0 cm³/mol. The van der Waals surface area contributed by atoms with Crippen LogP contribution in [0.15, 0.2) is 12.7 Å². The van der Waals surface area contributed by atoms with E-state index in [0.29, 0.717) is 0 Å². The fourth-order valence-corrected chi connectivity index (χ4v) is 2.87. The average Bonchev–Trinajstić information content (AvgIpc) is 2.64. The largest absolute Gasteiger partial charge is 0.314 e. The highest BCUT2D eigenvalue weighted by Crippen LogP contribution is 2.34. The lowest BCUT2D eigenvalue weighted by molar-refractivity contribution is 0.333. The molecule has 88 valence electrons. The Morgan fingerprint density at radius 3 is 2.80 bits per heavy atom. The van der Waals surface area contributed by atoms with E-state index in [9.17, 15) is 0 Å². The van der Waals surface area contributed by atoms with Gasteiger partial charge in [-0.05, 0) is 50.5 Å². The van der Waals surface area contributed by atoms with Gasteiger partial charge in [-0.15, -0.1) is 6.58 Å². The summed E-state index contributed by atoms with van der Waals surface area (Å²) < 4.78 is 0. The van der Waals surface area contributed by atoms with E-state index in [1.165, 1.54) is 38.5 Å². The number of rotatable bonds is 7. The molecule has 1 saturated carbocycles. The SMILES string of the molecule is C=CCCCC(NCC)C1CCC(C)C1. The van der Waals surface area contributed by atoms with Gasteiger partial charge in [0.1, 0.15) is 0 Å². The molecule has 3 unspecified atom stereocenters. The molecule has 0 heterocycles. The van der Waals surface area contributed by atoms with E-state index in [4.69, 9.17) is 0 Å². The Bertz CT molecular complexity index is 176. The molecule has 1 nitrogen and oxygen atoms in total. The van der Waals surface area contributed by atoms with Crippen LogP contribution in [0.25, 0.3) is 0 Å². The first kappa shape index (κ1) is 12.8. The Hall–Kier alpha value is -0.300. The van der Waals surface area contributed by atoms with Gasteiger partial charge in [0.2, 0.25) is 0 Å². The number of unbranched alkanes of at least 4 members (excludes halogenated alkanes) is 1. The Labute approximate surface area is 95.3 Å². The molecule has 0 spiro atoms. The molecule has 0 bridgehead atoms. The third-order valence-electron chi connectivity index (χ3n) is 3.69. The zero-order chi connectivity index (χ0) is 11.1. The maximum Gasteiger partial charge on any atom is 0.00954 e. The molecule has 0 saturated heterocycles. The summed E-state index contributed by atoms with van der Waals surface area (Å²) in [6, 6.07) is 0.764. The summed E-state index contributed by atoms with van der Waals surface area (Å²) in [5, 5.41) is 3.67. The topological polar surface area (TPSA) is 12.0 Å². The second-order valence-corrected chi connectivity index (χ2v) is 5.06. The van der Waals surface area contributed by atoms with Gasteiger partial charge in [0.15, 0.2) is 0 Å². The molecule has 0 radical (unpaired) electrons. The van der Waals surface area contributed by atoms with Crippen LogP contribution in [0.3, 0.4) is 0 Å². The summed E-state index contributed by atoms with van der Waals surface area (Å²) >= 11 is 0. The summed E-state index contributed by atoms with van der Waals surface area (Å²) in [5.74, 6) is 1.89. The molecule has 0 aliphatic heterocycles. The van der Waals surface area contributed by atoms with Crippen LogP contribution < -0.4 is 5.32 Å². The number of hydrogen-bond acceptors (Lipinski definition) is 1. The van der Waals surface area contributed by atoms with Crippen molar-refractivity contribution in [3.63, 3.8) is 0 Å². The van der Waals surface area contributed by atoms with Gasteiger partial charge in [-0.3, -0.25) is 0 Å².